The Morgan fingerprint density at radius 2 is 1.91 bits per heavy atom. The molecule has 2 aromatic carbocycles. The van der Waals surface area contributed by atoms with E-state index in [2.05, 4.69) is 16.5 Å². The summed E-state index contributed by atoms with van der Waals surface area (Å²) in [6.07, 6.45) is 2.92. The van der Waals surface area contributed by atoms with Crippen molar-refractivity contribution in [2.45, 2.75) is 50.6 Å². The van der Waals surface area contributed by atoms with E-state index >= 15 is 4.39 Å². The van der Waals surface area contributed by atoms with Crippen LogP contribution in [0.5, 0.6) is 11.5 Å². The van der Waals surface area contributed by atoms with Crippen molar-refractivity contribution in [2.75, 3.05) is 23.7 Å². The molecule has 44 heavy (non-hydrogen) atoms. The van der Waals surface area contributed by atoms with Crippen LogP contribution in [0.15, 0.2) is 52.8 Å². The highest BCUT2D eigenvalue weighted by molar-refractivity contribution is 7.99. The molecule has 1 saturated heterocycles. The number of phenolic OH excluding ortho intramolecular Hbond substituents is 2. The van der Waals surface area contributed by atoms with E-state index in [0.29, 0.717) is 46.1 Å². The number of halogens is 2. The number of aryl methyl sites for hydroxylation is 1. The molecule has 2 atom stereocenters. The van der Waals surface area contributed by atoms with E-state index < -0.39 is 11.5 Å². The summed E-state index contributed by atoms with van der Waals surface area (Å²) in [4.78, 5) is 40.1. The molecule has 0 bridgehead atoms. The van der Waals surface area contributed by atoms with Crippen LogP contribution < -0.4 is 10.6 Å². The van der Waals surface area contributed by atoms with Crippen LogP contribution in [0.4, 0.5) is 10.2 Å². The van der Waals surface area contributed by atoms with Gasteiger partial charge >= 0.3 is 5.69 Å². The van der Waals surface area contributed by atoms with Crippen LogP contribution >= 0.6 is 23.4 Å². The van der Waals surface area contributed by atoms with E-state index in [1.165, 1.54) is 40.6 Å². The number of fused-ring (bicyclic) bond motifs is 2. The van der Waals surface area contributed by atoms with Crippen LogP contribution in [0.3, 0.4) is 0 Å². The number of benzene rings is 2. The van der Waals surface area contributed by atoms with Crippen molar-refractivity contribution in [2.24, 2.45) is 0 Å². The van der Waals surface area contributed by atoms with Crippen LogP contribution in [0, 0.1) is 12.7 Å². The van der Waals surface area contributed by atoms with Crippen LogP contribution in [0.1, 0.15) is 37.9 Å². The lowest BCUT2D eigenvalue weighted by Gasteiger charge is -2.45. The molecule has 2 aliphatic rings. The van der Waals surface area contributed by atoms with Gasteiger partial charge < -0.3 is 20.0 Å². The number of aromatic nitrogens is 3. The lowest BCUT2D eigenvalue weighted by Crippen LogP contribution is -2.60. The molecule has 0 aliphatic carbocycles. The van der Waals surface area contributed by atoms with E-state index in [0.717, 1.165) is 0 Å². The van der Waals surface area contributed by atoms with Gasteiger partial charge in [0.2, 0.25) is 5.91 Å². The van der Waals surface area contributed by atoms with Crippen LogP contribution in [0.2, 0.25) is 5.02 Å². The topological polar surface area (TPSA) is 112 Å². The normalized spacial score (nSPS) is 18.0. The largest absolute Gasteiger partial charge is 0.507 e. The molecule has 0 radical (unpaired) electrons. The molecule has 1 fully saturated rings. The third-order valence-corrected chi connectivity index (χ3v) is 10.0. The first-order valence-corrected chi connectivity index (χ1v) is 15.6. The summed E-state index contributed by atoms with van der Waals surface area (Å²) in [6.45, 7) is 11.9. The third kappa shape index (κ3) is 4.52. The maximum atomic E-state index is 17.3. The van der Waals surface area contributed by atoms with Gasteiger partial charge in [-0.1, -0.05) is 38.1 Å². The Balaban J connectivity index is 1.78. The van der Waals surface area contributed by atoms with Crippen LogP contribution in [-0.2, 0) is 4.79 Å². The SMILES string of the molecule is C=CC(=O)N1CC(C)N2c3nc(=O)n(-c4c(C)ccnc4C(C)C)c4c(F)c(-c5c(O)cccc5O)c(Cl)c(c34)SCC2C1. The molecule has 2 N–H and O–H groups in total. The summed E-state index contributed by atoms with van der Waals surface area (Å²) in [6, 6.07) is 5.30. The molecular formula is C32H31ClFN5O4S. The zero-order valence-corrected chi connectivity index (χ0v) is 26.2. The quantitative estimate of drug-likeness (QED) is 0.272. The summed E-state index contributed by atoms with van der Waals surface area (Å²) in [5, 5.41) is 22.0. The summed E-state index contributed by atoms with van der Waals surface area (Å²) in [7, 11) is 0. The zero-order valence-electron chi connectivity index (χ0n) is 24.6. The zero-order chi connectivity index (χ0) is 31.6. The van der Waals surface area contributed by atoms with E-state index in [1.54, 1.807) is 17.2 Å². The Morgan fingerprint density at radius 3 is 2.57 bits per heavy atom. The van der Waals surface area contributed by atoms with Gasteiger partial charge in [-0.3, -0.25) is 14.3 Å². The highest BCUT2D eigenvalue weighted by Crippen LogP contribution is 2.52. The second kappa shape index (κ2) is 11.1. The van der Waals surface area contributed by atoms with E-state index in [9.17, 15) is 19.8 Å². The Labute approximate surface area is 262 Å². The first kappa shape index (κ1) is 30.0. The number of phenols is 2. The summed E-state index contributed by atoms with van der Waals surface area (Å²) < 4.78 is 18.6. The summed E-state index contributed by atoms with van der Waals surface area (Å²) in [5.74, 6) is -1.25. The molecule has 0 saturated carbocycles. The fourth-order valence-corrected chi connectivity index (χ4v) is 7.99. The molecule has 2 aliphatic heterocycles. The number of piperazine rings is 1. The van der Waals surface area contributed by atoms with E-state index in [-0.39, 0.29) is 62.9 Å². The van der Waals surface area contributed by atoms with Gasteiger partial charge in [-0.15, -0.1) is 11.8 Å². The number of anilines is 1. The minimum atomic E-state index is -0.892. The van der Waals surface area contributed by atoms with Gasteiger partial charge in [0.05, 0.1) is 38.9 Å². The van der Waals surface area contributed by atoms with Crippen molar-refractivity contribution in [3.8, 4) is 28.3 Å². The average molecular weight is 636 g/mol. The van der Waals surface area contributed by atoms with Crippen molar-refractivity contribution in [3.05, 3.63) is 75.7 Å². The van der Waals surface area contributed by atoms with Gasteiger partial charge in [0.15, 0.2) is 5.82 Å². The van der Waals surface area contributed by atoms with E-state index in [1.807, 2.05) is 32.6 Å². The molecule has 2 unspecified atom stereocenters. The first-order valence-electron chi connectivity index (χ1n) is 14.2. The third-order valence-electron chi connectivity index (χ3n) is 8.28. The number of hydrogen-bond donors (Lipinski definition) is 2. The van der Waals surface area contributed by atoms with Crippen molar-refractivity contribution < 1.29 is 19.4 Å². The second-order valence-electron chi connectivity index (χ2n) is 11.5. The van der Waals surface area contributed by atoms with Crippen LogP contribution in [-0.4, -0.2) is 66.5 Å². The Kier molecular flexibility index (Phi) is 7.57. The van der Waals surface area contributed by atoms with Crippen molar-refractivity contribution in [1.82, 2.24) is 19.4 Å². The van der Waals surface area contributed by atoms with Gasteiger partial charge in [0, 0.05) is 41.5 Å². The Morgan fingerprint density at radius 1 is 1.20 bits per heavy atom. The van der Waals surface area contributed by atoms with Gasteiger partial charge in [-0.05, 0) is 49.6 Å². The molecule has 0 spiro atoms. The molecule has 6 rings (SSSR count). The summed E-state index contributed by atoms with van der Waals surface area (Å²) in [5.41, 5.74) is 0.465. The average Bonchev–Trinajstić information content (AvgIpc) is 3.14. The van der Waals surface area contributed by atoms with Gasteiger partial charge in [0.25, 0.3) is 0 Å². The lowest BCUT2D eigenvalue weighted by molar-refractivity contribution is -0.127. The molecule has 4 aromatic rings. The fraction of sp³-hybridized carbons (Fsp3) is 0.312. The monoisotopic (exact) mass is 635 g/mol. The number of carbonyl (C=O) groups excluding carboxylic acids is 1. The van der Waals surface area contributed by atoms with E-state index in [4.69, 9.17) is 11.6 Å². The minimum Gasteiger partial charge on any atom is -0.507 e. The number of carbonyl (C=O) groups is 1. The molecule has 2 aromatic heterocycles. The second-order valence-corrected chi connectivity index (χ2v) is 12.9. The highest BCUT2D eigenvalue weighted by atomic mass is 35.5. The standard InChI is InChI=1S/C32H31ClFN5O4S/c1-6-21(42)37-12-17(5)38-18(13-37)14-44-30-24-29(26(34)23(25(30)33)22-19(40)8-7-9-20(22)41)39(32(43)36-31(24)38)28-16(4)10-11-35-27(28)15(2)3/h6-11,15,17-18,40-41H,1,12-14H2,2-5H3. The summed E-state index contributed by atoms with van der Waals surface area (Å²) >= 11 is 8.38. The predicted octanol–water partition coefficient (Wildman–Crippen LogP) is 5.78. The molecule has 12 heteroatoms. The lowest BCUT2D eigenvalue weighted by atomic mass is 9.98. The Hall–Kier alpha value is -4.09. The number of thioether (sulfide) groups is 1. The number of nitrogens with zero attached hydrogens (tertiary/aromatic N) is 5. The van der Waals surface area contributed by atoms with Crippen LogP contribution in [0.25, 0.3) is 27.7 Å². The number of hydrogen-bond acceptors (Lipinski definition) is 8. The number of rotatable bonds is 4. The minimum absolute atomic E-state index is 0.0245. The first-order chi connectivity index (χ1) is 21.0. The van der Waals surface area contributed by atoms with Crippen molar-refractivity contribution in [1.29, 1.82) is 0 Å². The van der Waals surface area contributed by atoms with Crippen molar-refractivity contribution in [3.63, 3.8) is 0 Å². The number of amides is 1. The fourth-order valence-electron chi connectivity index (χ4n) is 6.37. The van der Waals surface area contributed by atoms with Gasteiger partial charge in [-0.25, -0.2) is 9.18 Å². The predicted molar refractivity (Wildman–Crippen MR) is 171 cm³/mol. The molecular weight excluding hydrogens is 605 g/mol. The molecule has 1 amide bonds. The number of pyridine rings is 1. The van der Waals surface area contributed by atoms with Gasteiger partial charge in [0.1, 0.15) is 17.3 Å². The van der Waals surface area contributed by atoms with Gasteiger partial charge in [-0.2, -0.15) is 4.98 Å². The number of aromatic hydroxyl groups is 2. The maximum Gasteiger partial charge on any atom is 0.354 e. The van der Waals surface area contributed by atoms with Crippen molar-refractivity contribution >= 4 is 46.0 Å². The Bertz CT molecular complexity index is 1910. The smallest absolute Gasteiger partial charge is 0.354 e. The molecule has 4 heterocycles. The molecule has 228 valence electrons. The maximum absolute atomic E-state index is 17.3. The molecule has 9 nitrogen and oxygen atoms in total. The highest BCUT2D eigenvalue weighted by Gasteiger charge is 2.40.